The Kier molecular flexibility index (Phi) is 6.48. The number of benzene rings is 2. The zero-order chi connectivity index (χ0) is 20.0. The molecule has 0 bridgehead atoms. The van der Waals surface area contributed by atoms with Crippen LogP contribution in [0.3, 0.4) is 0 Å². The summed E-state index contributed by atoms with van der Waals surface area (Å²) in [6.07, 6.45) is 2.07. The molecule has 27 heavy (non-hydrogen) atoms. The number of amides is 1. The van der Waals surface area contributed by atoms with Crippen molar-refractivity contribution in [3.63, 3.8) is 0 Å². The van der Waals surface area contributed by atoms with Crippen LogP contribution in [0.5, 0.6) is 0 Å². The van der Waals surface area contributed by atoms with Gasteiger partial charge in [0.25, 0.3) is 11.6 Å². The van der Waals surface area contributed by atoms with Crippen LogP contribution in [0.2, 0.25) is 5.02 Å². The molecule has 2 aromatic rings. The fourth-order valence-electron chi connectivity index (χ4n) is 2.13. The first kappa shape index (κ1) is 20.3. The molecule has 1 N–H and O–H groups in total. The van der Waals surface area contributed by atoms with Crippen molar-refractivity contribution < 1.29 is 18.1 Å². The van der Waals surface area contributed by atoms with Crippen molar-refractivity contribution in [3.8, 4) is 0 Å². The van der Waals surface area contributed by atoms with E-state index in [1.807, 2.05) is 0 Å². The Morgan fingerprint density at radius 3 is 2.63 bits per heavy atom. The van der Waals surface area contributed by atoms with Gasteiger partial charge in [-0.25, -0.2) is 13.8 Å². The van der Waals surface area contributed by atoms with Crippen LogP contribution in [-0.2, 0) is 14.8 Å². The van der Waals surface area contributed by atoms with Gasteiger partial charge in [0.05, 0.1) is 28.6 Å². The summed E-state index contributed by atoms with van der Waals surface area (Å²) < 4.78 is 24.8. The second kappa shape index (κ2) is 8.60. The Hall–Kier alpha value is -2.98. The molecule has 0 atom stereocenters. The maximum Gasteiger partial charge on any atom is 0.278 e. The maximum absolute atomic E-state index is 12.1. The summed E-state index contributed by atoms with van der Waals surface area (Å²) in [6.45, 7) is -0.534. The number of hydrazone groups is 1. The van der Waals surface area contributed by atoms with Crippen molar-refractivity contribution in [2.24, 2.45) is 5.10 Å². The molecule has 9 nitrogen and oxygen atoms in total. The predicted molar refractivity (Wildman–Crippen MR) is 102 cm³/mol. The smallest absolute Gasteiger partial charge is 0.271 e. The molecule has 2 rings (SSSR count). The first-order chi connectivity index (χ1) is 12.7. The lowest BCUT2D eigenvalue weighted by Crippen LogP contribution is -2.39. The standard InChI is InChI=1S/C16H15ClN4O5S/c1-27(25,26)20(14-7-4-6-13(17)9-14)11-16(22)19-18-10-12-5-2-3-8-15(12)21(23)24/h2-10H,11H2,1H3,(H,19,22)/b18-10-. The van der Waals surface area contributed by atoms with Crippen LogP contribution >= 0.6 is 11.6 Å². The van der Waals surface area contributed by atoms with Crippen molar-refractivity contribution in [1.29, 1.82) is 0 Å². The van der Waals surface area contributed by atoms with E-state index in [4.69, 9.17) is 11.6 Å². The first-order valence-electron chi connectivity index (χ1n) is 7.47. The normalized spacial score (nSPS) is 11.3. The minimum Gasteiger partial charge on any atom is -0.271 e. The SMILES string of the molecule is CS(=O)(=O)N(CC(=O)N/N=C\c1ccccc1[N+](=O)[O-])c1cccc(Cl)c1. The Balaban J connectivity index is 2.12. The maximum atomic E-state index is 12.1. The molecular weight excluding hydrogens is 396 g/mol. The van der Waals surface area contributed by atoms with E-state index in [9.17, 15) is 23.3 Å². The minimum absolute atomic E-state index is 0.174. The molecular formula is C16H15ClN4O5S. The van der Waals surface area contributed by atoms with E-state index in [-0.39, 0.29) is 16.9 Å². The molecule has 0 heterocycles. The van der Waals surface area contributed by atoms with Crippen molar-refractivity contribution in [2.75, 3.05) is 17.1 Å². The Bertz CT molecular complexity index is 994. The van der Waals surface area contributed by atoms with Crippen LogP contribution in [-0.4, -0.2) is 38.3 Å². The second-order valence-electron chi connectivity index (χ2n) is 5.36. The van der Waals surface area contributed by atoms with Crippen LogP contribution in [0.1, 0.15) is 5.56 Å². The molecule has 0 saturated carbocycles. The number of nitrogens with zero attached hydrogens (tertiary/aromatic N) is 3. The number of carbonyl (C=O) groups is 1. The summed E-state index contributed by atoms with van der Waals surface area (Å²) in [5.41, 5.74) is 2.40. The number of hydrogen-bond donors (Lipinski definition) is 1. The van der Waals surface area contributed by atoms with E-state index >= 15 is 0 Å². The van der Waals surface area contributed by atoms with Crippen LogP contribution in [0.4, 0.5) is 11.4 Å². The number of nitro groups is 1. The van der Waals surface area contributed by atoms with Gasteiger partial charge in [-0.2, -0.15) is 5.10 Å². The zero-order valence-electron chi connectivity index (χ0n) is 14.1. The molecule has 0 aliphatic rings. The molecule has 0 unspecified atom stereocenters. The summed E-state index contributed by atoms with van der Waals surface area (Å²) >= 11 is 5.87. The van der Waals surface area contributed by atoms with Gasteiger partial charge in [0, 0.05) is 11.1 Å². The fourth-order valence-corrected chi connectivity index (χ4v) is 3.17. The number of halogens is 1. The van der Waals surface area contributed by atoms with Gasteiger partial charge in [-0.3, -0.25) is 19.2 Å². The van der Waals surface area contributed by atoms with E-state index < -0.39 is 27.4 Å². The van der Waals surface area contributed by atoms with Crippen molar-refractivity contribution in [1.82, 2.24) is 5.43 Å². The van der Waals surface area contributed by atoms with Gasteiger partial charge in [0.15, 0.2) is 0 Å². The average molecular weight is 411 g/mol. The molecule has 0 aliphatic heterocycles. The number of para-hydroxylation sites is 1. The third kappa shape index (κ3) is 5.76. The van der Waals surface area contributed by atoms with E-state index in [1.54, 1.807) is 18.2 Å². The highest BCUT2D eigenvalue weighted by Crippen LogP contribution is 2.21. The van der Waals surface area contributed by atoms with Crippen LogP contribution in [0.15, 0.2) is 53.6 Å². The summed E-state index contributed by atoms with van der Waals surface area (Å²) in [5, 5.41) is 14.9. The summed E-state index contributed by atoms with van der Waals surface area (Å²) in [4.78, 5) is 22.4. The van der Waals surface area contributed by atoms with Gasteiger partial charge in [-0.15, -0.1) is 0 Å². The Morgan fingerprint density at radius 2 is 2.00 bits per heavy atom. The summed E-state index contributed by atoms with van der Waals surface area (Å²) in [6, 6.07) is 11.9. The Morgan fingerprint density at radius 1 is 1.30 bits per heavy atom. The fraction of sp³-hybridized carbons (Fsp3) is 0.125. The lowest BCUT2D eigenvalue weighted by molar-refractivity contribution is -0.385. The molecule has 1 amide bonds. The molecule has 0 spiro atoms. The Labute approximate surface area is 160 Å². The largest absolute Gasteiger partial charge is 0.278 e. The molecule has 0 saturated heterocycles. The van der Waals surface area contributed by atoms with Crippen LogP contribution in [0, 0.1) is 10.1 Å². The monoisotopic (exact) mass is 410 g/mol. The van der Waals surface area contributed by atoms with Gasteiger partial charge < -0.3 is 0 Å². The van der Waals surface area contributed by atoms with Gasteiger partial charge in [-0.1, -0.05) is 29.8 Å². The number of sulfonamides is 1. The van der Waals surface area contributed by atoms with Crippen molar-refractivity contribution in [2.45, 2.75) is 0 Å². The van der Waals surface area contributed by atoms with Crippen molar-refractivity contribution >= 4 is 45.1 Å². The molecule has 2 aromatic carbocycles. The highest BCUT2D eigenvalue weighted by Gasteiger charge is 2.21. The first-order valence-corrected chi connectivity index (χ1v) is 9.69. The van der Waals surface area contributed by atoms with E-state index in [0.717, 1.165) is 16.8 Å². The lowest BCUT2D eigenvalue weighted by Gasteiger charge is -2.21. The third-order valence-corrected chi connectivity index (χ3v) is 4.69. The predicted octanol–water partition coefficient (Wildman–Crippen LogP) is 2.16. The lowest BCUT2D eigenvalue weighted by atomic mass is 10.2. The molecule has 11 heteroatoms. The number of carbonyl (C=O) groups excluding carboxylic acids is 1. The average Bonchev–Trinajstić information content (AvgIpc) is 2.59. The van der Waals surface area contributed by atoms with E-state index in [1.165, 1.54) is 30.3 Å². The third-order valence-electron chi connectivity index (χ3n) is 3.31. The molecule has 0 aromatic heterocycles. The van der Waals surface area contributed by atoms with Gasteiger partial charge in [0.2, 0.25) is 10.0 Å². The summed E-state index contributed by atoms with van der Waals surface area (Å²) in [7, 11) is -3.75. The van der Waals surface area contributed by atoms with Crippen LogP contribution < -0.4 is 9.73 Å². The molecule has 0 aliphatic carbocycles. The van der Waals surface area contributed by atoms with Gasteiger partial charge in [0.1, 0.15) is 6.54 Å². The molecule has 142 valence electrons. The highest BCUT2D eigenvalue weighted by molar-refractivity contribution is 7.92. The number of rotatable bonds is 7. The highest BCUT2D eigenvalue weighted by atomic mass is 35.5. The van der Waals surface area contributed by atoms with Gasteiger partial charge >= 0.3 is 0 Å². The number of nitro benzene ring substituents is 1. The molecule has 0 fully saturated rings. The topological polar surface area (TPSA) is 122 Å². The number of nitrogens with one attached hydrogen (secondary N) is 1. The zero-order valence-corrected chi connectivity index (χ0v) is 15.6. The minimum atomic E-state index is -3.75. The second-order valence-corrected chi connectivity index (χ2v) is 7.70. The quantitative estimate of drug-likeness (QED) is 0.425. The van der Waals surface area contributed by atoms with Gasteiger partial charge in [-0.05, 0) is 24.3 Å². The number of anilines is 1. The van der Waals surface area contributed by atoms with Crippen molar-refractivity contribution in [3.05, 3.63) is 69.2 Å². The van der Waals surface area contributed by atoms with E-state index in [0.29, 0.717) is 5.02 Å². The molecule has 0 radical (unpaired) electrons. The number of hydrogen-bond acceptors (Lipinski definition) is 6. The summed E-state index contributed by atoms with van der Waals surface area (Å²) in [5.74, 6) is -0.727. The van der Waals surface area contributed by atoms with E-state index in [2.05, 4.69) is 10.5 Å². The van der Waals surface area contributed by atoms with Crippen LogP contribution in [0.25, 0.3) is 0 Å².